The Morgan fingerprint density at radius 1 is 1.06 bits per heavy atom. The predicted molar refractivity (Wildman–Crippen MR) is 114 cm³/mol. The van der Waals surface area contributed by atoms with Crippen LogP contribution >= 0.6 is 12.2 Å². The number of nitrogens with zero attached hydrogens (tertiary/aromatic N) is 3. The van der Waals surface area contributed by atoms with Gasteiger partial charge in [-0.1, -0.05) is 30.3 Å². The molecular formula is C22H18N3NaO4S. The first-order valence-electron chi connectivity index (χ1n) is 9.38. The number of allylic oxidation sites excluding steroid dienone is 2. The van der Waals surface area contributed by atoms with Crippen LogP contribution in [-0.4, -0.2) is 35.0 Å². The molecule has 1 saturated heterocycles. The molecule has 0 N–H and O–H groups in total. The number of hydrogen-bond acceptors (Lipinski definition) is 6. The van der Waals surface area contributed by atoms with Crippen LogP contribution in [0.5, 0.6) is 5.75 Å². The van der Waals surface area contributed by atoms with Gasteiger partial charge in [0.05, 0.1) is 23.9 Å². The zero-order chi connectivity index (χ0) is 21.3. The second kappa shape index (κ2) is 9.65. The fourth-order valence-electron chi connectivity index (χ4n) is 3.44. The van der Waals surface area contributed by atoms with Crippen molar-refractivity contribution in [1.29, 1.82) is 0 Å². The Morgan fingerprint density at radius 2 is 1.74 bits per heavy atom. The van der Waals surface area contributed by atoms with Crippen molar-refractivity contribution < 1.29 is 49.0 Å². The molecule has 7 nitrogen and oxygen atoms in total. The number of hydrogen-bond donors (Lipinski definition) is 0. The summed E-state index contributed by atoms with van der Waals surface area (Å²) in [6, 6.07) is 16.5. The van der Waals surface area contributed by atoms with Gasteiger partial charge < -0.3 is 24.4 Å². The van der Waals surface area contributed by atoms with Gasteiger partial charge in [-0.25, -0.2) is 0 Å². The molecule has 9 heteroatoms. The minimum atomic E-state index is -1.33. The van der Waals surface area contributed by atoms with E-state index in [0.29, 0.717) is 18.1 Å². The Labute approximate surface area is 207 Å². The first-order chi connectivity index (χ1) is 14.5. The predicted octanol–water partition coefficient (Wildman–Crippen LogP) is -0.982. The van der Waals surface area contributed by atoms with E-state index in [1.165, 1.54) is 15.9 Å². The summed E-state index contributed by atoms with van der Waals surface area (Å²) in [7, 11) is 0. The second-order valence-corrected chi connectivity index (χ2v) is 6.95. The first-order valence-corrected chi connectivity index (χ1v) is 9.79. The Hall–Kier alpha value is -2.65. The quantitative estimate of drug-likeness (QED) is 0.334. The number of fused-ring (bicyclic) bond motifs is 1. The number of rotatable bonds is 5. The average molecular weight is 443 g/mol. The summed E-state index contributed by atoms with van der Waals surface area (Å²) < 4.78 is 5.90. The Balaban J connectivity index is 0.00000272. The molecule has 0 bridgehead atoms. The minimum Gasteiger partial charge on any atom is -0.548 e. The van der Waals surface area contributed by atoms with Crippen molar-refractivity contribution in [3.05, 3.63) is 78.3 Å². The molecule has 1 amide bonds. The Kier molecular flexibility index (Phi) is 7.17. The molecule has 2 aromatic carbocycles. The molecule has 0 atom stereocenters. The maximum atomic E-state index is 13.1. The van der Waals surface area contributed by atoms with Crippen LogP contribution in [0.4, 0.5) is 11.4 Å². The Morgan fingerprint density at radius 3 is 2.42 bits per heavy atom. The van der Waals surface area contributed by atoms with Crippen LogP contribution in [0.1, 0.15) is 6.92 Å². The van der Waals surface area contributed by atoms with E-state index in [2.05, 4.69) is 0 Å². The van der Waals surface area contributed by atoms with Crippen molar-refractivity contribution in [2.75, 3.05) is 22.9 Å². The van der Waals surface area contributed by atoms with Crippen LogP contribution in [0, 0.1) is 0 Å². The van der Waals surface area contributed by atoms with E-state index >= 15 is 0 Å². The molecule has 4 rings (SSSR count). The van der Waals surface area contributed by atoms with Crippen LogP contribution in [0.2, 0.25) is 0 Å². The summed E-state index contributed by atoms with van der Waals surface area (Å²) >= 11 is 5.40. The summed E-state index contributed by atoms with van der Waals surface area (Å²) in [4.78, 5) is 28.9. The molecule has 0 radical (unpaired) electrons. The summed E-state index contributed by atoms with van der Waals surface area (Å²) in [5, 5.41) is 11.4. The van der Waals surface area contributed by atoms with Crippen LogP contribution in [0.25, 0.3) is 0 Å². The number of thiocarbonyl (C=S) groups is 1. The number of anilines is 2. The number of carboxylic acids is 1. The molecule has 2 aromatic rings. The molecule has 31 heavy (non-hydrogen) atoms. The van der Waals surface area contributed by atoms with E-state index < -0.39 is 18.4 Å². The van der Waals surface area contributed by atoms with Crippen molar-refractivity contribution >= 4 is 40.6 Å². The van der Waals surface area contributed by atoms with Gasteiger partial charge in [-0.3, -0.25) is 9.69 Å². The van der Waals surface area contributed by atoms with E-state index in [1.807, 2.05) is 42.2 Å². The molecule has 0 aromatic heterocycles. The molecule has 2 aliphatic rings. The van der Waals surface area contributed by atoms with Gasteiger partial charge in [0.15, 0.2) is 10.9 Å². The standard InChI is InChI=1S/C22H19N3O4S.Na/c1-2-23-16-10-6-7-11-18(16)29-19(23)13-12-17-21(28)25(15-8-4-3-5-9-15)22(30)24(17)14-20(26)27;/h3-13H,2,14H2,1H3,(H,26,27);/q;+1/p-1/b17-12-,19-13+;. The molecule has 0 saturated carbocycles. The third kappa shape index (κ3) is 4.38. The van der Waals surface area contributed by atoms with Gasteiger partial charge in [-0.15, -0.1) is 0 Å². The number of para-hydroxylation sites is 3. The van der Waals surface area contributed by atoms with E-state index in [1.54, 1.807) is 30.3 Å². The number of benzene rings is 2. The van der Waals surface area contributed by atoms with Crippen molar-refractivity contribution in [3.8, 4) is 5.75 Å². The molecule has 2 aliphatic heterocycles. The zero-order valence-electron chi connectivity index (χ0n) is 17.1. The van der Waals surface area contributed by atoms with Crippen molar-refractivity contribution in [2.24, 2.45) is 0 Å². The van der Waals surface area contributed by atoms with Gasteiger partial charge in [-0.05, 0) is 49.5 Å². The second-order valence-electron chi connectivity index (χ2n) is 6.59. The average Bonchev–Trinajstić information content (AvgIpc) is 3.21. The summed E-state index contributed by atoms with van der Waals surface area (Å²) in [5.74, 6) is -0.493. The Bertz CT molecular complexity index is 1090. The topological polar surface area (TPSA) is 76.2 Å². The molecule has 0 aliphatic carbocycles. The maximum Gasteiger partial charge on any atom is 1.00 e. The van der Waals surface area contributed by atoms with Crippen LogP contribution in [0.3, 0.4) is 0 Å². The fraction of sp³-hybridized carbons (Fsp3) is 0.136. The van der Waals surface area contributed by atoms with E-state index in [0.717, 1.165) is 11.4 Å². The van der Waals surface area contributed by atoms with Crippen LogP contribution in [-0.2, 0) is 9.59 Å². The molecule has 2 heterocycles. The third-order valence-corrected chi connectivity index (χ3v) is 5.18. The number of carboxylic acid groups (broad SMARTS) is 1. The molecule has 0 spiro atoms. The molecule has 1 fully saturated rings. The monoisotopic (exact) mass is 443 g/mol. The largest absolute Gasteiger partial charge is 1.00 e. The van der Waals surface area contributed by atoms with Crippen molar-refractivity contribution in [3.63, 3.8) is 0 Å². The number of carbonyl (C=O) groups excluding carboxylic acids is 2. The number of carbonyl (C=O) groups is 2. The normalized spacial score (nSPS) is 17.8. The summed E-state index contributed by atoms with van der Waals surface area (Å²) in [5.41, 5.74) is 1.62. The molecular weight excluding hydrogens is 425 g/mol. The zero-order valence-corrected chi connectivity index (χ0v) is 20.0. The van der Waals surface area contributed by atoms with Crippen molar-refractivity contribution in [1.82, 2.24) is 4.90 Å². The van der Waals surface area contributed by atoms with Gasteiger partial charge in [0.2, 0.25) is 5.88 Å². The van der Waals surface area contributed by atoms with E-state index in [-0.39, 0.29) is 40.4 Å². The minimum absolute atomic E-state index is 0. The van der Waals surface area contributed by atoms with Crippen molar-refractivity contribution in [2.45, 2.75) is 6.92 Å². The fourth-order valence-corrected chi connectivity index (χ4v) is 3.79. The SMILES string of the molecule is CCN1/C(=C\C=C2\C(=O)N(c3ccccc3)C(=S)N2CC(=O)[O-])Oc2ccccc21.[Na+]. The molecule has 0 unspecified atom stereocenters. The van der Waals surface area contributed by atoms with Gasteiger partial charge in [0.25, 0.3) is 5.91 Å². The number of ether oxygens (including phenoxy) is 1. The van der Waals surface area contributed by atoms with E-state index in [4.69, 9.17) is 17.0 Å². The van der Waals surface area contributed by atoms with E-state index in [9.17, 15) is 14.7 Å². The molecule has 152 valence electrons. The van der Waals surface area contributed by atoms with Gasteiger partial charge in [0.1, 0.15) is 5.70 Å². The summed E-state index contributed by atoms with van der Waals surface area (Å²) in [6.07, 6.45) is 3.18. The first kappa shape index (κ1) is 23.0. The summed E-state index contributed by atoms with van der Waals surface area (Å²) in [6.45, 7) is 2.13. The van der Waals surface area contributed by atoms with Gasteiger partial charge >= 0.3 is 29.6 Å². The van der Waals surface area contributed by atoms with Gasteiger partial charge in [0, 0.05) is 12.6 Å². The van der Waals surface area contributed by atoms with Crippen LogP contribution in [0.15, 0.2) is 78.3 Å². The smallest absolute Gasteiger partial charge is 0.548 e. The van der Waals surface area contributed by atoms with Crippen LogP contribution < -0.4 is 49.2 Å². The maximum absolute atomic E-state index is 13.1. The third-order valence-electron chi connectivity index (χ3n) is 4.77. The number of amides is 1. The number of aliphatic carboxylic acids is 1. The van der Waals surface area contributed by atoms with Gasteiger partial charge in [-0.2, -0.15) is 0 Å².